The van der Waals surface area contributed by atoms with Gasteiger partial charge in [-0.3, -0.25) is 9.52 Å². The molecule has 0 amide bonds. The van der Waals surface area contributed by atoms with E-state index >= 15 is 0 Å². The van der Waals surface area contributed by atoms with Crippen LogP contribution in [0.4, 0.5) is 31.5 Å². The fourth-order valence-corrected chi connectivity index (χ4v) is 5.31. The van der Waals surface area contributed by atoms with Gasteiger partial charge in [0.2, 0.25) is 10.0 Å². The third-order valence-corrected chi connectivity index (χ3v) is 8.11. The van der Waals surface area contributed by atoms with Crippen molar-refractivity contribution in [2.75, 3.05) is 33.4 Å². The number of ether oxygens (including phenoxy) is 2. The van der Waals surface area contributed by atoms with Crippen LogP contribution >= 0.6 is 22.6 Å². The molecule has 3 rings (SSSR count). The van der Waals surface area contributed by atoms with Crippen LogP contribution in [0, 0.1) is 15.2 Å². The molecule has 1 unspecified atom stereocenters. The van der Waals surface area contributed by atoms with E-state index in [1.807, 2.05) is 22.6 Å². The fraction of sp³-hybridized carbons (Fsp3) is 0.167. The van der Waals surface area contributed by atoms with Crippen molar-refractivity contribution in [3.63, 3.8) is 0 Å². The van der Waals surface area contributed by atoms with E-state index in [0.717, 1.165) is 19.2 Å². The minimum absolute atomic E-state index is 0.00971. The molecule has 0 saturated carbocycles. The normalized spacial score (nSPS) is 12.8. The number of esters is 1. The summed E-state index contributed by atoms with van der Waals surface area (Å²) in [5, 5.41) is 2.75. The first kappa shape index (κ1) is 29.4. The monoisotopic (exact) mass is 679 g/mol. The summed E-state index contributed by atoms with van der Waals surface area (Å²) in [5.74, 6) is 0.456. The summed E-state index contributed by atoms with van der Waals surface area (Å²) in [4.78, 5) is 11.8. The number of halogens is 3. The highest BCUT2D eigenvalue weighted by atomic mass is 127. The number of anilines is 4. The van der Waals surface area contributed by atoms with Gasteiger partial charge in [0, 0.05) is 15.7 Å². The average molecular weight is 680 g/mol. The standard InChI is InChI=1S/C24H24F2IN3O6S2/c1-4-38(33,34)29-17-6-5-7-18(13-17)36-22-11-15(25)10-21(28-20-9-8-16(27)12-19(20)26)24(22)30-37(3,32)14-23(31)35-2/h5-13,28-29H,3-4,14H2,1-2H3,(H,30,32). The SMILES string of the molecule is C=S(=O)(CC(=O)OC)Nc1c(Nc2ccc(I)cc2F)cc(F)cc1Oc1cccc(NS(=O)(=O)CC)c1. The first-order valence-electron chi connectivity index (χ1n) is 10.8. The van der Waals surface area contributed by atoms with Crippen LogP contribution in [0.3, 0.4) is 0 Å². The molecule has 3 aromatic rings. The smallest absolute Gasteiger partial charge is 0.319 e. The van der Waals surface area contributed by atoms with E-state index in [2.05, 4.69) is 25.4 Å². The highest BCUT2D eigenvalue weighted by Gasteiger charge is 2.20. The highest BCUT2D eigenvalue weighted by Crippen LogP contribution is 2.40. The summed E-state index contributed by atoms with van der Waals surface area (Å²) < 4.78 is 82.4. The molecule has 0 radical (unpaired) electrons. The van der Waals surface area contributed by atoms with Gasteiger partial charge in [-0.2, -0.15) is 0 Å². The van der Waals surface area contributed by atoms with Crippen molar-refractivity contribution in [2.45, 2.75) is 6.92 Å². The number of hydrogen-bond acceptors (Lipinski definition) is 7. The van der Waals surface area contributed by atoms with E-state index in [0.29, 0.717) is 3.57 Å². The maximum Gasteiger partial charge on any atom is 0.319 e. The van der Waals surface area contributed by atoms with Crippen LogP contribution in [0.5, 0.6) is 11.5 Å². The van der Waals surface area contributed by atoms with Gasteiger partial charge in [0.05, 0.1) is 39.6 Å². The molecule has 0 aromatic heterocycles. The van der Waals surface area contributed by atoms with Crippen molar-refractivity contribution in [3.05, 3.63) is 69.8 Å². The largest absolute Gasteiger partial charge is 0.468 e. The van der Waals surface area contributed by atoms with Gasteiger partial charge < -0.3 is 19.5 Å². The number of hydrogen-bond donors (Lipinski definition) is 3. The summed E-state index contributed by atoms with van der Waals surface area (Å²) in [6, 6.07) is 12.2. The van der Waals surface area contributed by atoms with E-state index < -0.39 is 43.1 Å². The molecule has 3 N–H and O–H groups in total. The molecule has 0 aliphatic rings. The average Bonchev–Trinajstić information content (AvgIpc) is 2.82. The lowest BCUT2D eigenvalue weighted by molar-refractivity contribution is -0.137. The van der Waals surface area contributed by atoms with Crippen LogP contribution in [0.1, 0.15) is 6.92 Å². The third-order valence-electron chi connectivity index (χ3n) is 4.85. The Hall–Kier alpha value is -3.11. The Morgan fingerprint density at radius 3 is 2.42 bits per heavy atom. The Morgan fingerprint density at radius 1 is 1.03 bits per heavy atom. The van der Waals surface area contributed by atoms with E-state index in [1.165, 1.54) is 43.3 Å². The maximum atomic E-state index is 14.7. The van der Waals surface area contributed by atoms with E-state index in [9.17, 15) is 26.2 Å². The van der Waals surface area contributed by atoms with Crippen LogP contribution in [-0.4, -0.2) is 43.1 Å². The topological polar surface area (TPSA) is 123 Å². The highest BCUT2D eigenvalue weighted by molar-refractivity contribution is 14.1. The molecular formula is C24H24F2IN3O6S2. The van der Waals surface area contributed by atoms with Crippen molar-refractivity contribution in [3.8, 4) is 11.5 Å². The Morgan fingerprint density at radius 2 is 1.76 bits per heavy atom. The van der Waals surface area contributed by atoms with Crippen LogP contribution in [0.15, 0.2) is 54.6 Å². The molecule has 0 fully saturated rings. The molecule has 0 aliphatic carbocycles. The van der Waals surface area contributed by atoms with Crippen LogP contribution < -0.4 is 19.5 Å². The van der Waals surface area contributed by atoms with Gasteiger partial charge >= 0.3 is 5.97 Å². The van der Waals surface area contributed by atoms with Crippen LogP contribution in [0.2, 0.25) is 0 Å². The van der Waals surface area contributed by atoms with Gasteiger partial charge in [0.15, 0.2) is 5.75 Å². The lowest BCUT2D eigenvalue weighted by atomic mass is 10.2. The molecular weight excluding hydrogens is 655 g/mol. The zero-order valence-corrected chi connectivity index (χ0v) is 24.0. The quantitative estimate of drug-likeness (QED) is 0.147. The second kappa shape index (κ2) is 12.2. The maximum absolute atomic E-state index is 14.7. The lowest BCUT2D eigenvalue weighted by Gasteiger charge is -2.21. The van der Waals surface area contributed by atoms with Gasteiger partial charge in [0.1, 0.15) is 28.8 Å². The van der Waals surface area contributed by atoms with Crippen molar-refractivity contribution in [1.82, 2.24) is 0 Å². The van der Waals surface area contributed by atoms with Crippen molar-refractivity contribution < 1.29 is 35.7 Å². The van der Waals surface area contributed by atoms with Gasteiger partial charge in [-0.05, 0) is 71.8 Å². The zero-order valence-electron chi connectivity index (χ0n) is 20.2. The minimum Gasteiger partial charge on any atom is -0.468 e. The van der Waals surface area contributed by atoms with E-state index in [4.69, 9.17) is 4.74 Å². The molecule has 0 heterocycles. The molecule has 9 nitrogen and oxygen atoms in total. The van der Waals surface area contributed by atoms with Gasteiger partial charge in [-0.1, -0.05) is 6.07 Å². The van der Waals surface area contributed by atoms with Gasteiger partial charge in [0.25, 0.3) is 0 Å². The first-order chi connectivity index (χ1) is 17.8. The molecule has 0 spiro atoms. The Balaban J connectivity index is 2.09. The molecule has 3 aromatic carbocycles. The predicted molar refractivity (Wildman–Crippen MR) is 154 cm³/mol. The summed E-state index contributed by atoms with van der Waals surface area (Å²) in [7, 11) is -5.85. The van der Waals surface area contributed by atoms with Crippen molar-refractivity contribution in [1.29, 1.82) is 0 Å². The van der Waals surface area contributed by atoms with Crippen molar-refractivity contribution >= 4 is 76.9 Å². The lowest BCUT2D eigenvalue weighted by Crippen LogP contribution is -2.24. The number of benzene rings is 3. The first-order valence-corrected chi connectivity index (χ1v) is 15.5. The molecule has 1 atom stereocenters. The molecule has 204 valence electrons. The van der Waals surface area contributed by atoms with Crippen LogP contribution in [-0.2, 0) is 29.3 Å². The molecule has 0 saturated heterocycles. The molecule has 0 bridgehead atoms. The van der Waals surface area contributed by atoms with E-state index in [1.54, 1.807) is 6.07 Å². The predicted octanol–water partition coefficient (Wildman–Crippen LogP) is 5.08. The van der Waals surface area contributed by atoms with Gasteiger partial charge in [-0.25, -0.2) is 21.4 Å². The second-order valence-electron chi connectivity index (χ2n) is 7.85. The minimum atomic E-state index is -3.58. The summed E-state index contributed by atoms with van der Waals surface area (Å²) >= 11 is 1.94. The third kappa shape index (κ3) is 8.19. The summed E-state index contributed by atoms with van der Waals surface area (Å²) in [6.45, 7) is 1.48. The Labute approximate surface area is 233 Å². The summed E-state index contributed by atoms with van der Waals surface area (Å²) in [6.07, 6.45) is 0. The number of methoxy groups -OCH3 is 1. The van der Waals surface area contributed by atoms with Crippen LogP contribution in [0.25, 0.3) is 0 Å². The second-order valence-corrected chi connectivity index (χ2v) is 13.2. The molecule has 0 aliphatic heterocycles. The fourth-order valence-electron chi connectivity index (χ4n) is 3.08. The molecule has 14 heteroatoms. The number of rotatable bonds is 11. The number of carbonyl (C=O) groups is 1. The summed E-state index contributed by atoms with van der Waals surface area (Å²) in [5.41, 5.74) is 0.0303. The van der Waals surface area contributed by atoms with E-state index in [-0.39, 0.29) is 40.0 Å². The van der Waals surface area contributed by atoms with Crippen molar-refractivity contribution in [2.24, 2.45) is 0 Å². The Kier molecular flexibility index (Phi) is 9.43. The molecule has 38 heavy (non-hydrogen) atoms. The number of nitrogens with one attached hydrogen (secondary N) is 3. The zero-order chi connectivity index (χ0) is 28.1. The van der Waals surface area contributed by atoms with Gasteiger partial charge in [-0.15, -0.1) is 0 Å². The number of carbonyl (C=O) groups excluding carboxylic acids is 1. The Bertz CT molecular complexity index is 1570. The number of sulfonamides is 1.